The normalized spacial score (nSPS) is 30.7. The fourth-order valence-electron chi connectivity index (χ4n) is 4.66. The van der Waals surface area contributed by atoms with E-state index in [1.807, 2.05) is 30.3 Å². The monoisotopic (exact) mass is 338 g/mol. The van der Waals surface area contributed by atoms with Crippen LogP contribution in [0.1, 0.15) is 12.0 Å². The topological polar surface area (TPSA) is 57.7 Å². The highest BCUT2D eigenvalue weighted by molar-refractivity contribution is 6.09. The summed E-state index contributed by atoms with van der Waals surface area (Å²) in [6.45, 7) is 0. The van der Waals surface area contributed by atoms with Crippen molar-refractivity contribution in [2.75, 3.05) is 14.1 Å². The lowest BCUT2D eigenvalue weighted by Crippen LogP contribution is -2.51. The molecule has 3 aliphatic rings. The second-order valence-electron chi connectivity index (χ2n) is 7.48. The Balaban J connectivity index is 1.67. The van der Waals surface area contributed by atoms with Gasteiger partial charge < -0.3 is 4.90 Å². The smallest absolute Gasteiger partial charge is 0.245 e. The van der Waals surface area contributed by atoms with E-state index >= 15 is 0 Å². The molecule has 1 heterocycles. The second-order valence-corrected chi connectivity index (χ2v) is 7.48. The molecule has 1 aromatic rings. The van der Waals surface area contributed by atoms with Gasteiger partial charge in [0, 0.05) is 20.5 Å². The second kappa shape index (κ2) is 5.83. The Kier molecular flexibility index (Phi) is 3.74. The van der Waals surface area contributed by atoms with Crippen molar-refractivity contribution in [3.63, 3.8) is 0 Å². The zero-order valence-corrected chi connectivity index (χ0v) is 14.5. The quantitative estimate of drug-likeness (QED) is 0.617. The van der Waals surface area contributed by atoms with Gasteiger partial charge in [0.25, 0.3) is 0 Å². The average molecular weight is 338 g/mol. The summed E-state index contributed by atoms with van der Waals surface area (Å²) in [7, 11) is 3.33. The summed E-state index contributed by atoms with van der Waals surface area (Å²) in [5.41, 5.74) is 0.946. The largest absolute Gasteiger partial charge is 0.347 e. The lowest BCUT2D eigenvalue weighted by atomic mass is 9.85. The Bertz CT molecular complexity index is 725. The molecule has 2 fully saturated rings. The summed E-state index contributed by atoms with van der Waals surface area (Å²) in [6.07, 6.45) is 5.39. The number of allylic oxidation sites excluding steroid dienone is 2. The lowest BCUT2D eigenvalue weighted by Gasteiger charge is -2.29. The van der Waals surface area contributed by atoms with Crippen LogP contribution in [0.4, 0.5) is 0 Å². The number of amides is 3. The first-order chi connectivity index (χ1) is 12.0. The predicted octanol–water partition coefficient (Wildman–Crippen LogP) is 1.49. The maximum Gasteiger partial charge on any atom is 0.245 e. The molecule has 1 aromatic carbocycles. The number of nitrogens with zero attached hydrogens (tertiary/aromatic N) is 2. The molecule has 1 aliphatic heterocycles. The van der Waals surface area contributed by atoms with Crippen LogP contribution in [0.25, 0.3) is 0 Å². The highest BCUT2D eigenvalue weighted by atomic mass is 16.2. The van der Waals surface area contributed by atoms with E-state index in [0.29, 0.717) is 6.42 Å². The number of rotatable bonds is 4. The maximum absolute atomic E-state index is 13.0. The van der Waals surface area contributed by atoms with Crippen molar-refractivity contribution < 1.29 is 14.4 Å². The summed E-state index contributed by atoms with van der Waals surface area (Å²) in [5, 5.41) is 0. The molecular weight excluding hydrogens is 316 g/mol. The fraction of sp³-hybridized carbons (Fsp3) is 0.450. The number of carbonyl (C=O) groups excluding carboxylic acids is 3. The van der Waals surface area contributed by atoms with E-state index < -0.39 is 6.04 Å². The molecule has 0 aromatic heterocycles. The lowest BCUT2D eigenvalue weighted by molar-refractivity contribution is -0.151. The van der Waals surface area contributed by atoms with Gasteiger partial charge in [-0.25, -0.2) is 0 Å². The molecule has 5 heteroatoms. The molecule has 2 bridgehead atoms. The number of hydrogen-bond donors (Lipinski definition) is 0. The standard InChI is InChI=1S/C20H22N2O3/c1-21(2)18(23)15(10-12-6-4-3-5-7-12)22-19(24)16-13-8-9-14(11-13)17(16)20(22)25/h3-9,13-17H,10-11H2,1-2H3/t13-,14-,15-,16+,17+/m0/s1. The Hall–Kier alpha value is -2.43. The molecule has 0 N–H and O–H groups in total. The van der Waals surface area contributed by atoms with Crippen molar-refractivity contribution in [3.05, 3.63) is 48.0 Å². The number of benzene rings is 1. The molecule has 130 valence electrons. The van der Waals surface area contributed by atoms with Gasteiger partial charge in [-0.2, -0.15) is 0 Å². The van der Waals surface area contributed by atoms with Crippen LogP contribution in [0.2, 0.25) is 0 Å². The van der Waals surface area contributed by atoms with E-state index in [0.717, 1.165) is 12.0 Å². The third-order valence-corrected chi connectivity index (χ3v) is 5.81. The highest BCUT2D eigenvalue weighted by Crippen LogP contribution is 2.53. The Labute approximate surface area is 147 Å². The van der Waals surface area contributed by atoms with Crippen molar-refractivity contribution in [1.29, 1.82) is 0 Å². The van der Waals surface area contributed by atoms with Gasteiger partial charge in [-0.05, 0) is 23.8 Å². The molecule has 4 rings (SSSR count). The first-order valence-electron chi connectivity index (χ1n) is 8.79. The Morgan fingerprint density at radius 2 is 1.64 bits per heavy atom. The van der Waals surface area contributed by atoms with Crippen molar-refractivity contribution in [1.82, 2.24) is 9.80 Å². The number of likely N-dealkylation sites (N-methyl/N-ethyl adjacent to an activating group) is 1. The first-order valence-corrected chi connectivity index (χ1v) is 8.79. The van der Waals surface area contributed by atoms with E-state index in [1.54, 1.807) is 14.1 Å². The third kappa shape index (κ3) is 2.41. The summed E-state index contributed by atoms with van der Waals surface area (Å²) in [6, 6.07) is 8.80. The van der Waals surface area contributed by atoms with E-state index in [9.17, 15) is 14.4 Å². The number of fused-ring (bicyclic) bond motifs is 5. The van der Waals surface area contributed by atoms with Gasteiger partial charge in [-0.3, -0.25) is 19.3 Å². The van der Waals surface area contributed by atoms with Crippen LogP contribution in [0, 0.1) is 23.7 Å². The molecule has 2 aliphatic carbocycles. The zero-order valence-electron chi connectivity index (χ0n) is 14.5. The molecule has 0 spiro atoms. The number of hydrogen-bond acceptors (Lipinski definition) is 3. The summed E-state index contributed by atoms with van der Waals surface area (Å²) >= 11 is 0. The minimum absolute atomic E-state index is 0.156. The Morgan fingerprint density at radius 1 is 1.08 bits per heavy atom. The van der Waals surface area contributed by atoms with Gasteiger partial charge >= 0.3 is 0 Å². The van der Waals surface area contributed by atoms with E-state index in [4.69, 9.17) is 0 Å². The minimum atomic E-state index is -0.762. The molecular formula is C20H22N2O3. The van der Waals surface area contributed by atoms with Crippen molar-refractivity contribution in [2.45, 2.75) is 18.9 Å². The number of carbonyl (C=O) groups is 3. The van der Waals surface area contributed by atoms with Crippen LogP contribution < -0.4 is 0 Å². The van der Waals surface area contributed by atoms with Gasteiger partial charge in [0.05, 0.1) is 11.8 Å². The van der Waals surface area contributed by atoms with Gasteiger partial charge in [-0.15, -0.1) is 0 Å². The SMILES string of the molecule is CN(C)C(=O)[C@H](Cc1ccccc1)N1C(=O)[C@H]2[C@H](C1=O)[C@H]1C=C[C@H]2C1. The van der Waals surface area contributed by atoms with E-state index in [-0.39, 0.29) is 41.4 Å². The third-order valence-electron chi connectivity index (χ3n) is 5.81. The van der Waals surface area contributed by atoms with Crippen LogP contribution >= 0.6 is 0 Å². The summed E-state index contributed by atoms with van der Waals surface area (Å²) < 4.78 is 0. The predicted molar refractivity (Wildman–Crippen MR) is 92.2 cm³/mol. The summed E-state index contributed by atoms with van der Waals surface area (Å²) in [4.78, 5) is 41.6. The molecule has 5 nitrogen and oxygen atoms in total. The van der Waals surface area contributed by atoms with Gasteiger partial charge in [0.1, 0.15) is 6.04 Å². The van der Waals surface area contributed by atoms with Gasteiger partial charge in [0.15, 0.2) is 0 Å². The molecule has 0 radical (unpaired) electrons. The molecule has 5 atom stereocenters. The van der Waals surface area contributed by atoms with Crippen LogP contribution in [-0.2, 0) is 20.8 Å². The van der Waals surface area contributed by atoms with Crippen LogP contribution in [-0.4, -0.2) is 47.7 Å². The maximum atomic E-state index is 13.0. The first kappa shape index (κ1) is 16.1. The van der Waals surface area contributed by atoms with E-state index in [2.05, 4.69) is 12.2 Å². The van der Waals surface area contributed by atoms with Crippen molar-refractivity contribution >= 4 is 17.7 Å². The highest BCUT2D eigenvalue weighted by Gasteiger charge is 2.61. The van der Waals surface area contributed by atoms with Crippen molar-refractivity contribution in [2.24, 2.45) is 23.7 Å². The number of likely N-dealkylation sites (tertiary alicyclic amines) is 1. The number of imide groups is 1. The minimum Gasteiger partial charge on any atom is -0.347 e. The van der Waals surface area contributed by atoms with Gasteiger partial charge in [0.2, 0.25) is 17.7 Å². The van der Waals surface area contributed by atoms with Crippen LogP contribution in [0.3, 0.4) is 0 Å². The Morgan fingerprint density at radius 3 is 2.16 bits per heavy atom. The molecule has 25 heavy (non-hydrogen) atoms. The average Bonchev–Trinajstić information content (AvgIpc) is 3.28. The van der Waals surface area contributed by atoms with Gasteiger partial charge in [-0.1, -0.05) is 42.5 Å². The van der Waals surface area contributed by atoms with Crippen LogP contribution in [0.15, 0.2) is 42.5 Å². The molecule has 0 unspecified atom stereocenters. The zero-order chi connectivity index (χ0) is 17.7. The van der Waals surface area contributed by atoms with Crippen LogP contribution in [0.5, 0.6) is 0 Å². The summed E-state index contributed by atoms with van der Waals surface area (Å²) in [5.74, 6) is -0.755. The molecule has 1 saturated carbocycles. The molecule has 1 saturated heterocycles. The van der Waals surface area contributed by atoms with E-state index in [1.165, 1.54) is 9.80 Å². The van der Waals surface area contributed by atoms with Crippen molar-refractivity contribution in [3.8, 4) is 0 Å². The fourth-order valence-corrected chi connectivity index (χ4v) is 4.66. The molecule has 3 amide bonds.